The topological polar surface area (TPSA) is 38.5 Å². The van der Waals surface area contributed by atoms with Gasteiger partial charge in [-0.25, -0.2) is 0 Å². The fourth-order valence-electron chi connectivity index (χ4n) is 2.09. The van der Waals surface area contributed by atoms with Crippen LogP contribution < -0.4 is 10.5 Å². The van der Waals surface area contributed by atoms with Gasteiger partial charge in [-0.2, -0.15) is 8.78 Å². The predicted molar refractivity (Wildman–Crippen MR) is 68.2 cm³/mol. The lowest BCUT2D eigenvalue weighted by Gasteiger charge is -2.17. The summed E-state index contributed by atoms with van der Waals surface area (Å²) in [7, 11) is 0. The van der Waals surface area contributed by atoms with Crippen LogP contribution in [0.5, 0.6) is 5.75 Å². The lowest BCUT2D eigenvalue weighted by Crippen LogP contribution is -2.26. The number of likely N-dealkylation sites (tertiary alicyclic amines) is 1. The number of benzene rings is 1. The third-order valence-electron chi connectivity index (χ3n) is 2.89. The van der Waals surface area contributed by atoms with E-state index in [0.29, 0.717) is 6.54 Å². The third-order valence-corrected chi connectivity index (χ3v) is 2.89. The van der Waals surface area contributed by atoms with Crippen molar-refractivity contribution in [3.63, 3.8) is 0 Å². The smallest absolute Gasteiger partial charge is 0.387 e. The van der Waals surface area contributed by atoms with Gasteiger partial charge in [-0.1, -0.05) is 18.2 Å². The molecule has 1 aromatic rings. The van der Waals surface area contributed by atoms with Crippen molar-refractivity contribution in [3.8, 4) is 5.75 Å². The highest BCUT2D eigenvalue weighted by Crippen LogP contribution is 2.23. The van der Waals surface area contributed by atoms with Gasteiger partial charge in [0.15, 0.2) is 0 Å². The maximum absolute atomic E-state index is 12.2. The monoisotopic (exact) mass is 278 g/mol. The van der Waals surface area contributed by atoms with Gasteiger partial charge in [0.25, 0.3) is 0 Å². The maximum atomic E-state index is 12.2. The van der Waals surface area contributed by atoms with Crippen molar-refractivity contribution in [2.24, 2.45) is 5.73 Å². The molecule has 2 rings (SSSR count). The first-order valence-electron chi connectivity index (χ1n) is 5.66. The predicted octanol–water partition coefficient (Wildman–Crippen LogP) is 2.24. The second-order valence-corrected chi connectivity index (χ2v) is 4.27. The Morgan fingerprint density at radius 2 is 2.11 bits per heavy atom. The van der Waals surface area contributed by atoms with Gasteiger partial charge in [-0.15, -0.1) is 12.4 Å². The molecule has 0 spiro atoms. The molecule has 1 atom stereocenters. The zero-order chi connectivity index (χ0) is 12.3. The molecule has 0 amide bonds. The molecule has 2 N–H and O–H groups in total. The molecule has 1 aliphatic heterocycles. The summed E-state index contributed by atoms with van der Waals surface area (Å²) < 4.78 is 28.9. The van der Waals surface area contributed by atoms with Crippen LogP contribution in [0, 0.1) is 0 Å². The molecule has 6 heteroatoms. The van der Waals surface area contributed by atoms with Gasteiger partial charge in [0.1, 0.15) is 5.75 Å². The SMILES string of the molecule is Cl.N[C@@H]1CCN(Cc2ccccc2OC(F)F)C1. The Balaban J connectivity index is 0.00000162. The molecular weight excluding hydrogens is 262 g/mol. The lowest BCUT2D eigenvalue weighted by molar-refractivity contribution is -0.0507. The molecule has 1 fully saturated rings. The number of ether oxygens (including phenoxy) is 1. The van der Waals surface area contributed by atoms with Crippen molar-refractivity contribution in [1.82, 2.24) is 4.90 Å². The molecule has 0 saturated carbocycles. The molecule has 1 aromatic carbocycles. The van der Waals surface area contributed by atoms with E-state index < -0.39 is 6.61 Å². The van der Waals surface area contributed by atoms with Crippen molar-refractivity contribution in [3.05, 3.63) is 29.8 Å². The Hall–Kier alpha value is -0.910. The van der Waals surface area contributed by atoms with Gasteiger partial charge in [0.2, 0.25) is 0 Å². The van der Waals surface area contributed by atoms with E-state index in [4.69, 9.17) is 5.73 Å². The molecule has 102 valence electrons. The van der Waals surface area contributed by atoms with Crippen LogP contribution in [0.1, 0.15) is 12.0 Å². The molecule has 0 aliphatic carbocycles. The molecule has 1 saturated heterocycles. The van der Waals surface area contributed by atoms with Gasteiger partial charge >= 0.3 is 6.61 Å². The highest BCUT2D eigenvalue weighted by atomic mass is 35.5. The second kappa shape index (κ2) is 6.87. The summed E-state index contributed by atoms with van der Waals surface area (Å²) in [5, 5.41) is 0. The summed E-state index contributed by atoms with van der Waals surface area (Å²) in [5.74, 6) is 0.253. The van der Waals surface area contributed by atoms with E-state index in [2.05, 4.69) is 9.64 Å². The van der Waals surface area contributed by atoms with Gasteiger partial charge in [0, 0.05) is 31.2 Å². The normalized spacial score (nSPS) is 19.9. The van der Waals surface area contributed by atoms with Crippen LogP contribution in [0.4, 0.5) is 8.78 Å². The molecule has 3 nitrogen and oxygen atoms in total. The van der Waals surface area contributed by atoms with E-state index in [9.17, 15) is 8.78 Å². The molecule has 0 aromatic heterocycles. The van der Waals surface area contributed by atoms with Gasteiger partial charge in [-0.05, 0) is 12.5 Å². The number of nitrogens with two attached hydrogens (primary N) is 1. The first-order valence-corrected chi connectivity index (χ1v) is 5.66. The lowest BCUT2D eigenvalue weighted by atomic mass is 10.2. The highest BCUT2D eigenvalue weighted by molar-refractivity contribution is 5.85. The van der Waals surface area contributed by atoms with E-state index in [1.165, 1.54) is 0 Å². The first-order chi connectivity index (χ1) is 8.15. The summed E-state index contributed by atoms with van der Waals surface area (Å²) in [6, 6.07) is 7.08. The van der Waals surface area contributed by atoms with E-state index in [0.717, 1.165) is 25.1 Å². The Morgan fingerprint density at radius 3 is 2.72 bits per heavy atom. The van der Waals surface area contributed by atoms with Gasteiger partial charge < -0.3 is 10.5 Å². The van der Waals surface area contributed by atoms with Crippen LogP contribution in [-0.2, 0) is 6.54 Å². The number of halogens is 3. The summed E-state index contributed by atoms with van der Waals surface area (Å²) in [4.78, 5) is 2.15. The minimum atomic E-state index is -2.78. The van der Waals surface area contributed by atoms with Gasteiger partial charge in [0.05, 0.1) is 0 Å². The first kappa shape index (κ1) is 15.1. The number of hydrogen-bond acceptors (Lipinski definition) is 3. The molecule has 1 heterocycles. The van der Waals surface area contributed by atoms with Crippen LogP contribution in [0.3, 0.4) is 0 Å². The van der Waals surface area contributed by atoms with Crippen molar-refractivity contribution in [1.29, 1.82) is 0 Å². The summed E-state index contributed by atoms with van der Waals surface area (Å²) in [5.41, 5.74) is 6.58. The number of rotatable bonds is 4. The van der Waals surface area contributed by atoms with Crippen LogP contribution in [0.25, 0.3) is 0 Å². The average molecular weight is 279 g/mol. The van der Waals surface area contributed by atoms with Crippen LogP contribution in [0.2, 0.25) is 0 Å². The van der Waals surface area contributed by atoms with E-state index in [1.807, 2.05) is 12.1 Å². The number of para-hydroxylation sites is 1. The number of hydrogen-bond donors (Lipinski definition) is 1. The highest BCUT2D eigenvalue weighted by Gasteiger charge is 2.20. The largest absolute Gasteiger partial charge is 0.434 e. The van der Waals surface area contributed by atoms with E-state index in [-0.39, 0.29) is 24.2 Å². The van der Waals surface area contributed by atoms with Crippen molar-refractivity contribution in [2.75, 3.05) is 13.1 Å². The molecule has 1 aliphatic rings. The molecule has 0 bridgehead atoms. The van der Waals surface area contributed by atoms with Crippen LogP contribution in [0.15, 0.2) is 24.3 Å². The van der Waals surface area contributed by atoms with Crippen LogP contribution in [-0.4, -0.2) is 30.6 Å². The third kappa shape index (κ3) is 4.08. The molecule has 0 unspecified atom stereocenters. The quantitative estimate of drug-likeness (QED) is 0.918. The average Bonchev–Trinajstić information content (AvgIpc) is 2.66. The minimum absolute atomic E-state index is 0. The van der Waals surface area contributed by atoms with Crippen LogP contribution >= 0.6 is 12.4 Å². The Bertz CT molecular complexity index is 379. The maximum Gasteiger partial charge on any atom is 0.387 e. The zero-order valence-electron chi connectivity index (χ0n) is 9.89. The summed E-state index contributed by atoms with van der Waals surface area (Å²) in [6.07, 6.45) is 0.956. The second-order valence-electron chi connectivity index (χ2n) is 4.27. The van der Waals surface area contributed by atoms with Gasteiger partial charge in [-0.3, -0.25) is 4.90 Å². The Morgan fingerprint density at radius 1 is 1.39 bits per heavy atom. The van der Waals surface area contributed by atoms with Crippen molar-refractivity contribution >= 4 is 12.4 Å². The van der Waals surface area contributed by atoms with E-state index in [1.54, 1.807) is 12.1 Å². The zero-order valence-corrected chi connectivity index (χ0v) is 10.7. The van der Waals surface area contributed by atoms with E-state index >= 15 is 0 Å². The number of alkyl halides is 2. The fraction of sp³-hybridized carbons (Fsp3) is 0.500. The Labute approximate surface area is 111 Å². The minimum Gasteiger partial charge on any atom is -0.434 e. The summed E-state index contributed by atoms with van der Waals surface area (Å²) >= 11 is 0. The van der Waals surface area contributed by atoms with Crippen molar-refractivity contribution in [2.45, 2.75) is 25.6 Å². The Kier molecular flexibility index (Phi) is 5.78. The molecule has 18 heavy (non-hydrogen) atoms. The number of nitrogens with zero attached hydrogens (tertiary/aromatic N) is 1. The summed E-state index contributed by atoms with van der Waals surface area (Å²) in [6.45, 7) is -0.457. The fourth-order valence-corrected chi connectivity index (χ4v) is 2.09. The standard InChI is InChI=1S/C12H16F2N2O.ClH/c13-12(14)17-11-4-2-1-3-9(11)7-16-6-5-10(15)8-16;/h1-4,10,12H,5-8,15H2;1H/t10-;/m1./s1. The van der Waals surface area contributed by atoms with Crippen molar-refractivity contribution < 1.29 is 13.5 Å². The molecular formula is C12H17ClF2N2O. The molecule has 0 radical (unpaired) electrons.